The van der Waals surface area contributed by atoms with Gasteiger partial charge in [0, 0.05) is 6.04 Å². The van der Waals surface area contributed by atoms with Gasteiger partial charge in [-0.05, 0) is 19.8 Å². The van der Waals surface area contributed by atoms with Crippen molar-refractivity contribution < 1.29 is 4.79 Å². The lowest BCUT2D eigenvalue weighted by atomic mass is 9.95. The maximum Gasteiger partial charge on any atom is 0.230 e. The summed E-state index contributed by atoms with van der Waals surface area (Å²) >= 11 is 1.37. The molecule has 0 aromatic carbocycles. The first-order valence-corrected chi connectivity index (χ1v) is 7.04. The first-order chi connectivity index (χ1) is 8.24. The summed E-state index contributed by atoms with van der Waals surface area (Å²) in [5.74, 6) is 1.26. The smallest absolute Gasteiger partial charge is 0.230 e. The van der Waals surface area contributed by atoms with Crippen LogP contribution in [0.3, 0.4) is 0 Å². The quantitative estimate of drug-likeness (QED) is 0.802. The maximum absolute atomic E-state index is 11.7. The van der Waals surface area contributed by atoms with Gasteiger partial charge in [0.05, 0.1) is 5.75 Å². The van der Waals surface area contributed by atoms with E-state index in [1.807, 2.05) is 6.92 Å². The second kappa shape index (κ2) is 6.05. The Morgan fingerprint density at radius 1 is 1.47 bits per heavy atom. The molecule has 1 saturated carbocycles. The molecule has 0 spiro atoms. The van der Waals surface area contributed by atoms with Crippen LogP contribution < -0.4 is 5.32 Å². The SMILES string of the molecule is Cc1nc(SCC(=O)NC2CCCCC2)n[nH]1. The molecule has 2 N–H and O–H groups in total. The van der Waals surface area contributed by atoms with E-state index in [2.05, 4.69) is 20.5 Å². The van der Waals surface area contributed by atoms with E-state index in [1.165, 1.54) is 31.0 Å². The highest BCUT2D eigenvalue weighted by molar-refractivity contribution is 7.99. The van der Waals surface area contributed by atoms with Crippen molar-refractivity contribution in [1.82, 2.24) is 20.5 Å². The Kier molecular flexibility index (Phi) is 4.42. The van der Waals surface area contributed by atoms with Crippen molar-refractivity contribution in [3.05, 3.63) is 5.82 Å². The summed E-state index contributed by atoms with van der Waals surface area (Å²) in [7, 11) is 0. The number of carbonyl (C=O) groups excluding carboxylic acids is 1. The Hall–Kier alpha value is -1.04. The molecular weight excluding hydrogens is 236 g/mol. The van der Waals surface area contributed by atoms with Crippen LogP contribution in [0.1, 0.15) is 37.9 Å². The molecule has 0 aliphatic heterocycles. The highest BCUT2D eigenvalue weighted by atomic mass is 32.2. The largest absolute Gasteiger partial charge is 0.353 e. The van der Waals surface area contributed by atoms with Crippen LogP contribution in [0.2, 0.25) is 0 Å². The Morgan fingerprint density at radius 3 is 2.88 bits per heavy atom. The van der Waals surface area contributed by atoms with Crippen LogP contribution in [0.25, 0.3) is 0 Å². The van der Waals surface area contributed by atoms with Crippen LogP contribution in [0.15, 0.2) is 5.16 Å². The van der Waals surface area contributed by atoms with Gasteiger partial charge in [0.1, 0.15) is 5.82 Å². The lowest BCUT2D eigenvalue weighted by Gasteiger charge is -2.22. The molecule has 1 heterocycles. The number of amides is 1. The van der Waals surface area contributed by atoms with E-state index in [9.17, 15) is 4.79 Å². The van der Waals surface area contributed by atoms with Crippen molar-refractivity contribution in [2.45, 2.75) is 50.2 Å². The zero-order valence-corrected chi connectivity index (χ0v) is 10.8. The molecule has 1 amide bonds. The molecule has 2 rings (SSSR count). The van der Waals surface area contributed by atoms with E-state index in [0.717, 1.165) is 18.7 Å². The number of H-pyrrole nitrogens is 1. The van der Waals surface area contributed by atoms with Gasteiger partial charge in [0.25, 0.3) is 0 Å². The number of hydrogen-bond donors (Lipinski definition) is 2. The van der Waals surface area contributed by atoms with Gasteiger partial charge in [-0.3, -0.25) is 9.89 Å². The van der Waals surface area contributed by atoms with Crippen LogP contribution in [0, 0.1) is 6.92 Å². The van der Waals surface area contributed by atoms with E-state index in [1.54, 1.807) is 0 Å². The second-order valence-corrected chi connectivity index (χ2v) is 5.34. The summed E-state index contributed by atoms with van der Waals surface area (Å²) in [4.78, 5) is 15.8. The second-order valence-electron chi connectivity index (χ2n) is 4.39. The lowest BCUT2D eigenvalue weighted by Crippen LogP contribution is -2.37. The van der Waals surface area contributed by atoms with E-state index in [0.29, 0.717) is 17.0 Å². The molecule has 1 fully saturated rings. The molecule has 1 aromatic rings. The normalized spacial score (nSPS) is 17.0. The van der Waals surface area contributed by atoms with Gasteiger partial charge in [-0.15, -0.1) is 5.10 Å². The fraction of sp³-hybridized carbons (Fsp3) is 0.727. The monoisotopic (exact) mass is 254 g/mol. The number of carbonyl (C=O) groups is 1. The van der Waals surface area contributed by atoms with E-state index >= 15 is 0 Å². The number of aryl methyl sites for hydroxylation is 1. The number of rotatable bonds is 4. The molecule has 0 radical (unpaired) electrons. The molecule has 6 heteroatoms. The first-order valence-electron chi connectivity index (χ1n) is 6.05. The Labute approximate surface area is 105 Å². The van der Waals surface area contributed by atoms with Crippen LogP contribution >= 0.6 is 11.8 Å². The minimum atomic E-state index is 0.0874. The molecule has 1 aliphatic carbocycles. The first kappa shape index (κ1) is 12.4. The minimum absolute atomic E-state index is 0.0874. The van der Waals surface area contributed by atoms with Crippen LogP contribution in [0.4, 0.5) is 0 Å². The number of hydrogen-bond acceptors (Lipinski definition) is 4. The third kappa shape index (κ3) is 4.03. The molecule has 94 valence electrons. The number of aromatic nitrogens is 3. The lowest BCUT2D eigenvalue weighted by molar-refractivity contribution is -0.119. The number of nitrogens with one attached hydrogen (secondary N) is 2. The van der Waals surface area contributed by atoms with Crippen molar-refractivity contribution in [3.8, 4) is 0 Å². The molecule has 17 heavy (non-hydrogen) atoms. The zero-order chi connectivity index (χ0) is 12.1. The molecule has 1 aliphatic rings. The topological polar surface area (TPSA) is 70.7 Å². The average molecular weight is 254 g/mol. The van der Waals surface area contributed by atoms with Gasteiger partial charge in [0.15, 0.2) is 0 Å². The minimum Gasteiger partial charge on any atom is -0.353 e. The fourth-order valence-electron chi connectivity index (χ4n) is 2.03. The molecule has 0 bridgehead atoms. The van der Waals surface area contributed by atoms with E-state index < -0.39 is 0 Å². The predicted octanol–water partition coefficient (Wildman–Crippen LogP) is 1.65. The predicted molar refractivity (Wildman–Crippen MR) is 66.9 cm³/mol. The third-order valence-electron chi connectivity index (χ3n) is 2.88. The van der Waals surface area contributed by atoms with Crippen LogP contribution in [-0.4, -0.2) is 32.9 Å². The summed E-state index contributed by atoms with van der Waals surface area (Å²) in [5.41, 5.74) is 0. The van der Waals surface area contributed by atoms with Crippen molar-refractivity contribution in [3.63, 3.8) is 0 Å². The summed E-state index contributed by atoms with van der Waals surface area (Å²) < 4.78 is 0. The van der Waals surface area contributed by atoms with Crippen molar-refractivity contribution in [2.75, 3.05) is 5.75 Å². The number of thioether (sulfide) groups is 1. The summed E-state index contributed by atoms with van der Waals surface area (Å²) in [6.07, 6.45) is 6.01. The van der Waals surface area contributed by atoms with Gasteiger partial charge in [0.2, 0.25) is 11.1 Å². The third-order valence-corrected chi connectivity index (χ3v) is 3.73. The summed E-state index contributed by atoms with van der Waals surface area (Å²) in [6.45, 7) is 1.85. The van der Waals surface area contributed by atoms with Crippen molar-refractivity contribution in [1.29, 1.82) is 0 Å². The molecule has 0 atom stereocenters. The van der Waals surface area contributed by atoms with Crippen molar-refractivity contribution >= 4 is 17.7 Å². The van der Waals surface area contributed by atoms with E-state index in [-0.39, 0.29) is 5.91 Å². The van der Waals surface area contributed by atoms with Crippen LogP contribution in [-0.2, 0) is 4.79 Å². The number of aromatic amines is 1. The highest BCUT2D eigenvalue weighted by Crippen LogP contribution is 2.18. The molecular formula is C11H18N4OS. The molecule has 0 saturated heterocycles. The Bertz CT molecular complexity index is 373. The van der Waals surface area contributed by atoms with Crippen molar-refractivity contribution in [2.24, 2.45) is 0 Å². The highest BCUT2D eigenvalue weighted by Gasteiger charge is 2.15. The van der Waals surface area contributed by atoms with Gasteiger partial charge < -0.3 is 5.32 Å². The standard InChI is InChI=1S/C11H18N4OS/c1-8-12-11(15-14-8)17-7-10(16)13-9-5-3-2-4-6-9/h9H,2-7H2,1H3,(H,13,16)(H,12,14,15). The van der Waals surface area contributed by atoms with E-state index in [4.69, 9.17) is 0 Å². The summed E-state index contributed by atoms with van der Waals surface area (Å²) in [5, 5.41) is 10.5. The zero-order valence-electron chi connectivity index (χ0n) is 10.0. The molecule has 0 unspecified atom stereocenters. The van der Waals surface area contributed by atoms with Gasteiger partial charge >= 0.3 is 0 Å². The Morgan fingerprint density at radius 2 is 2.24 bits per heavy atom. The molecule has 1 aromatic heterocycles. The van der Waals surface area contributed by atoms with Gasteiger partial charge in [-0.2, -0.15) is 0 Å². The van der Waals surface area contributed by atoms with Crippen LogP contribution in [0.5, 0.6) is 0 Å². The fourth-order valence-corrected chi connectivity index (χ4v) is 2.69. The average Bonchev–Trinajstić information content (AvgIpc) is 2.74. The number of nitrogens with zero attached hydrogens (tertiary/aromatic N) is 2. The maximum atomic E-state index is 11.7. The molecule has 5 nitrogen and oxygen atoms in total. The van der Waals surface area contributed by atoms with Gasteiger partial charge in [-0.25, -0.2) is 4.98 Å². The summed E-state index contributed by atoms with van der Waals surface area (Å²) in [6, 6.07) is 0.380. The van der Waals surface area contributed by atoms with Gasteiger partial charge in [-0.1, -0.05) is 31.0 Å². The Balaban J connectivity index is 1.70.